The highest BCUT2D eigenvalue weighted by Gasteiger charge is 2.49. The number of carbonyl (C=O) groups excluding carboxylic acids is 1. The number of piperidine rings is 1. The van der Waals surface area contributed by atoms with Crippen molar-refractivity contribution < 1.29 is 40.0 Å². The smallest absolute Gasteiger partial charge is 0.486 e. The van der Waals surface area contributed by atoms with Gasteiger partial charge >= 0.3 is 15.6 Å². The fourth-order valence-electron chi connectivity index (χ4n) is 3.93. The third-order valence-corrected chi connectivity index (χ3v) is 6.74. The number of nitrogens with one attached hydrogen (secondary N) is 1. The summed E-state index contributed by atoms with van der Waals surface area (Å²) in [6, 6.07) is 7.27. The molecule has 1 unspecified atom stereocenters. The molecule has 2 aromatic rings. The largest absolute Gasteiger partial charge is 0.534 e. The van der Waals surface area contributed by atoms with Crippen LogP contribution >= 0.6 is 0 Å². The van der Waals surface area contributed by atoms with Crippen LogP contribution in [0.5, 0.6) is 17.2 Å². The molecule has 1 fully saturated rings. The normalized spacial score (nSPS) is 19.2. The summed E-state index contributed by atoms with van der Waals surface area (Å²) in [4.78, 5) is 18.3. The summed E-state index contributed by atoms with van der Waals surface area (Å²) in [5, 5.41) is 2.93. The number of pyridine rings is 1. The van der Waals surface area contributed by atoms with Crippen molar-refractivity contribution in [1.29, 1.82) is 0 Å². The number of benzene rings is 1. The molecule has 0 spiro atoms. The van der Waals surface area contributed by atoms with Crippen LogP contribution in [0.4, 0.5) is 13.2 Å². The van der Waals surface area contributed by atoms with Crippen LogP contribution in [-0.4, -0.2) is 68.6 Å². The Hall–Kier alpha value is -3.06. The summed E-state index contributed by atoms with van der Waals surface area (Å²) in [6.45, 7) is 2.62. The maximum Gasteiger partial charge on any atom is 0.534 e. The maximum atomic E-state index is 12.7. The molecule has 4 rings (SSSR count). The Balaban J connectivity index is 1.28. The van der Waals surface area contributed by atoms with Gasteiger partial charge in [-0.1, -0.05) is 6.07 Å². The highest BCUT2D eigenvalue weighted by Crippen LogP contribution is 2.42. The van der Waals surface area contributed by atoms with Gasteiger partial charge < -0.3 is 19.0 Å². The molecule has 1 amide bonds. The monoisotopic (exact) mass is 515 g/mol. The van der Waals surface area contributed by atoms with Gasteiger partial charge in [-0.2, -0.15) is 21.6 Å². The molecule has 9 nitrogen and oxygen atoms in total. The number of rotatable bonds is 7. The Labute approximate surface area is 200 Å². The number of alkyl halides is 3. The quantitative estimate of drug-likeness (QED) is 0.443. The van der Waals surface area contributed by atoms with Crippen LogP contribution < -0.4 is 19.0 Å². The lowest BCUT2D eigenvalue weighted by molar-refractivity contribution is -0.0501. The lowest BCUT2D eigenvalue weighted by Crippen LogP contribution is -2.45. The first-order valence-corrected chi connectivity index (χ1v) is 12.4. The lowest BCUT2D eigenvalue weighted by Gasteiger charge is -2.36. The van der Waals surface area contributed by atoms with Gasteiger partial charge in [0.25, 0.3) is 5.91 Å². The number of aromatic nitrogens is 1. The van der Waals surface area contributed by atoms with Gasteiger partial charge in [-0.15, -0.1) is 0 Å². The molecule has 1 aromatic heterocycles. The van der Waals surface area contributed by atoms with Gasteiger partial charge in [0, 0.05) is 25.5 Å². The SMILES string of the molecule is O=C(NCC1CCN(CC2COc3cccc(OS(=O)(=O)C(F)(F)F)c3O2)CC1)c1cccnc1. The fraction of sp³-hybridized carbons (Fsp3) is 0.455. The van der Waals surface area contributed by atoms with Gasteiger partial charge in [0.15, 0.2) is 11.5 Å². The van der Waals surface area contributed by atoms with E-state index in [1.165, 1.54) is 18.3 Å². The van der Waals surface area contributed by atoms with Gasteiger partial charge in [-0.25, -0.2) is 0 Å². The first kappa shape index (κ1) is 25.0. The molecule has 35 heavy (non-hydrogen) atoms. The third-order valence-electron chi connectivity index (χ3n) is 5.78. The van der Waals surface area contributed by atoms with E-state index in [0.29, 0.717) is 24.6 Å². The van der Waals surface area contributed by atoms with E-state index in [1.807, 2.05) is 0 Å². The van der Waals surface area contributed by atoms with Gasteiger partial charge in [0.05, 0.1) is 5.56 Å². The van der Waals surface area contributed by atoms with Gasteiger partial charge in [-0.05, 0) is 56.1 Å². The Morgan fingerprint density at radius 3 is 2.66 bits per heavy atom. The third kappa shape index (κ3) is 6.14. The molecule has 1 atom stereocenters. The average molecular weight is 516 g/mol. The van der Waals surface area contributed by atoms with Crippen molar-refractivity contribution in [2.75, 3.05) is 32.8 Å². The molecule has 0 saturated carbocycles. The van der Waals surface area contributed by atoms with E-state index in [9.17, 15) is 26.4 Å². The number of hydrogen-bond donors (Lipinski definition) is 1. The standard InChI is InChI=1S/C22H24F3N3O6S/c23-22(24,25)35(30,31)34-19-5-1-4-18-20(19)33-17(14-32-18)13-28-9-6-15(7-10-28)11-27-21(29)16-3-2-8-26-12-16/h1-5,8,12,15,17H,6-7,9-11,13-14H2,(H,27,29). The molecule has 1 N–H and O–H groups in total. The minimum Gasteiger partial charge on any atom is -0.486 e. The summed E-state index contributed by atoms with van der Waals surface area (Å²) in [7, 11) is -5.84. The number of amides is 1. The van der Waals surface area contributed by atoms with Gasteiger partial charge in [-0.3, -0.25) is 14.7 Å². The number of para-hydroxylation sites is 1. The van der Waals surface area contributed by atoms with Crippen LogP contribution in [0.3, 0.4) is 0 Å². The molecule has 13 heteroatoms. The lowest BCUT2D eigenvalue weighted by atomic mass is 9.96. The first-order valence-electron chi connectivity index (χ1n) is 11.0. The maximum absolute atomic E-state index is 12.7. The van der Waals surface area contributed by atoms with Crippen molar-refractivity contribution in [3.63, 3.8) is 0 Å². The zero-order chi connectivity index (χ0) is 25.1. The van der Waals surface area contributed by atoms with Crippen molar-refractivity contribution >= 4 is 16.0 Å². The van der Waals surface area contributed by atoms with Crippen molar-refractivity contribution in [3.8, 4) is 17.2 Å². The molecule has 0 bridgehead atoms. The second-order valence-electron chi connectivity index (χ2n) is 8.31. The number of likely N-dealkylation sites (tertiary alicyclic amines) is 1. The highest BCUT2D eigenvalue weighted by atomic mass is 32.2. The van der Waals surface area contributed by atoms with Crippen molar-refractivity contribution in [2.24, 2.45) is 5.92 Å². The molecular formula is C22H24F3N3O6S. The average Bonchev–Trinajstić information content (AvgIpc) is 2.83. The van der Waals surface area contributed by atoms with Crippen molar-refractivity contribution in [3.05, 3.63) is 48.3 Å². The number of hydrogen-bond acceptors (Lipinski definition) is 8. The fourth-order valence-corrected chi connectivity index (χ4v) is 4.39. The van der Waals surface area contributed by atoms with Crippen LogP contribution in [0.15, 0.2) is 42.7 Å². The second kappa shape index (κ2) is 10.3. The zero-order valence-corrected chi connectivity index (χ0v) is 19.3. The Morgan fingerprint density at radius 2 is 1.97 bits per heavy atom. The predicted octanol–water partition coefficient (Wildman–Crippen LogP) is 2.59. The molecule has 190 valence electrons. The molecule has 2 aliphatic rings. The van der Waals surface area contributed by atoms with E-state index < -0.39 is 27.5 Å². The zero-order valence-electron chi connectivity index (χ0n) is 18.5. The summed E-state index contributed by atoms with van der Waals surface area (Å²) in [6.07, 6.45) is 4.27. The number of halogens is 3. The summed E-state index contributed by atoms with van der Waals surface area (Å²) < 4.78 is 76.7. The molecule has 3 heterocycles. The second-order valence-corrected chi connectivity index (χ2v) is 9.85. The Morgan fingerprint density at radius 1 is 1.20 bits per heavy atom. The van der Waals surface area contributed by atoms with Crippen LogP contribution in [0.1, 0.15) is 23.2 Å². The summed E-state index contributed by atoms with van der Waals surface area (Å²) >= 11 is 0. The molecule has 1 aromatic carbocycles. The highest BCUT2D eigenvalue weighted by molar-refractivity contribution is 7.88. The van der Waals surface area contributed by atoms with Crippen LogP contribution in [0.25, 0.3) is 0 Å². The molecule has 0 aliphatic carbocycles. The molecule has 2 aliphatic heterocycles. The van der Waals surface area contributed by atoms with Crippen molar-refractivity contribution in [1.82, 2.24) is 15.2 Å². The van der Waals surface area contributed by atoms with E-state index in [2.05, 4.69) is 19.4 Å². The van der Waals surface area contributed by atoms with Crippen LogP contribution in [0, 0.1) is 5.92 Å². The first-order chi connectivity index (χ1) is 16.6. The van der Waals surface area contributed by atoms with Crippen LogP contribution in [0.2, 0.25) is 0 Å². The number of nitrogens with zero attached hydrogens (tertiary/aromatic N) is 2. The van der Waals surface area contributed by atoms with Gasteiger partial charge in [0.2, 0.25) is 5.75 Å². The Kier molecular flexibility index (Phi) is 7.36. The topological polar surface area (TPSA) is 107 Å². The van der Waals surface area contributed by atoms with E-state index in [0.717, 1.165) is 32.0 Å². The van der Waals surface area contributed by atoms with E-state index in [-0.39, 0.29) is 24.0 Å². The van der Waals surface area contributed by atoms with E-state index in [4.69, 9.17) is 9.47 Å². The van der Waals surface area contributed by atoms with Crippen LogP contribution in [-0.2, 0) is 10.1 Å². The number of ether oxygens (including phenoxy) is 2. The molecule has 1 saturated heterocycles. The molecule has 0 radical (unpaired) electrons. The number of carbonyl (C=O) groups is 1. The Bertz CT molecular complexity index is 1140. The summed E-state index contributed by atoms with van der Waals surface area (Å²) in [5.41, 5.74) is -5.06. The van der Waals surface area contributed by atoms with E-state index in [1.54, 1.807) is 18.3 Å². The van der Waals surface area contributed by atoms with E-state index >= 15 is 0 Å². The molecular weight excluding hydrogens is 491 g/mol. The minimum absolute atomic E-state index is 0.110. The van der Waals surface area contributed by atoms with Crippen molar-refractivity contribution in [2.45, 2.75) is 24.5 Å². The summed E-state index contributed by atoms with van der Waals surface area (Å²) in [5.74, 6) is -0.502. The van der Waals surface area contributed by atoms with Gasteiger partial charge in [0.1, 0.15) is 12.7 Å². The minimum atomic E-state index is -5.84. The number of fused-ring (bicyclic) bond motifs is 1. The predicted molar refractivity (Wildman–Crippen MR) is 118 cm³/mol.